The number of methoxy groups -OCH3 is 4. The van der Waals surface area contributed by atoms with Crippen LogP contribution in [0.25, 0.3) is 0 Å². The van der Waals surface area contributed by atoms with E-state index in [2.05, 4.69) is 21.2 Å². The predicted molar refractivity (Wildman–Crippen MR) is 155 cm³/mol. The van der Waals surface area contributed by atoms with Crippen LogP contribution in [0.1, 0.15) is 62.5 Å². The lowest BCUT2D eigenvalue weighted by atomic mass is 9.71. The van der Waals surface area contributed by atoms with Crippen molar-refractivity contribution in [3.05, 3.63) is 68.5 Å². The molecule has 0 saturated heterocycles. The molecule has 40 heavy (non-hydrogen) atoms. The number of benzene rings is 2. The minimum Gasteiger partial charge on any atom is -0.493 e. The second-order valence-electron chi connectivity index (χ2n) is 9.86. The molecule has 1 heterocycles. The SMILES string of the molecule is CCCCOC(=O)C1=C(C)NC2=C(C(=O)C[C@@H](c3ccc(OC)c(OC)c3)C2)[C@@H]1c1cc(Br)c(OC)c(OC)c1. The molecule has 0 spiro atoms. The van der Waals surface area contributed by atoms with Crippen LogP contribution in [0.5, 0.6) is 23.0 Å². The molecule has 4 rings (SSSR count). The van der Waals surface area contributed by atoms with Crippen LogP contribution in [0, 0.1) is 0 Å². The van der Waals surface area contributed by atoms with E-state index in [1.165, 1.54) is 0 Å². The van der Waals surface area contributed by atoms with Gasteiger partial charge in [-0.3, -0.25) is 4.79 Å². The number of Topliss-reactive ketones (excluding diaryl/α,β-unsaturated/α-hetero) is 1. The lowest BCUT2D eigenvalue weighted by Gasteiger charge is -2.37. The minimum absolute atomic E-state index is 0.0317. The van der Waals surface area contributed by atoms with Gasteiger partial charge in [-0.1, -0.05) is 19.4 Å². The summed E-state index contributed by atoms with van der Waals surface area (Å²) in [7, 11) is 6.31. The maximum Gasteiger partial charge on any atom is 0.336 e. The van der Waals surface area contributed by atoms with Crippen LogP contribution < -0.4 is 24.3 Å². The molecule has 1 aliphatic heterocycles. The number of dihydropyridines is 1. The molecule has 8 nitrogen and oxygen atoms in total. The molecule has 9 heteroatoms. The van der Waals surface area contributed by atoms with Gasteiger partial charge in [0, 0.05) is 29.3 Å². The Labute approximate surface area is 243 Å². The number of nitrogens with one attached hydrogen (secondary N) is 1. The summed E-state index contributed by atoms with van der Waals surface area (Å²) in [5, 5.41) is 3.40. The van der Waals surface area contributed by atoms with E-state index in [0.29, 0.717) is 57.3 Å². The summed E-state index contributed by atoms with van der Waals surface area (Å²) in [6, 6.07) is 9.45. The van der Waals surface area contributed by atoms with Crippen molar-refractivity contribution in [1.29, 1.82) is 0 Å². The normalized spacial score (nSPS) is 18.6. The number of carbonyl (C=O) groups is 2. The standard InChI is InChI=1S/C31H36BrNO7/c1-7-8-11-40-31(35)27-17(2)33-22-13-19(18-9-10-24(36-3)25(15-18)37-4)14-23(34)29(22)28(27)20-12-21(32)30(39-6)26(16-20)38-5/h9-10,12,15-16,19,28,33H,7-8,11,13-14H2,1-6H3/t19-,28+/m0/s1. The Morgan fingerprint density at radius 1 is 0.950 bits per heavy atom. The van der Waals surface area contributed by atoms with Gasteiger partial charge < -0.3 is 29.0 Å². The molecule has 0 bridgehead atoms. The van der Waals surface area contributed by atoms with E-state index >= 15 is 0 Å². The average molecular weight is 615 g/mol. The van der Waals surface area contributed by atoms with Crippen molar-refractivity contribution < 1.29 is 33.3 Å². The van der Waals surface area contributed by atoms with Crippen LogP contribution >= 0.6 is 15.9 Å². The molecule has 1 aliphatic carbocycles. The fourth-order valence-corrected chi connectivity index (χ4v) is 6.10. The second kappa shape index (κ2) is 12.8. The van der Waals surface area contributed by atoms with E-state index < -0.39 is 11.9 Å². The fourth-order valence-electron chi connectivity index (χ4n) is 5.48. The predicted octanol–water partition coefficient (Wildman–Crippen LogP) is 6.19. The number of rotatable bonds is 10. The van der Waals surface area contributed by atoms with Gasteiger partial charge in [0.1, 0.15) is 0 Å². The highest BCUT2D eigenvalue weighted by molar-refractivity contribution is 9.10. The molecule has 1 N–H and O–H groups in total. The number of allylic oxidation sites excluding steroid dienone is 3. The Balaban J connectivity index is 1.81. The van der Waals surface area contributed by atoms with Crippen LogP contribution in [0.15, 0.2) is 57.3 Å². The average Bonchev–Trinajstić information content (AvgIpc) is 2.95. The summed E-state index contributed by atoms with van der Waals surface area (Å²) in [6.45, 7) is 4.21. The Bertz CT molecular complexity index is 1360. The Morgan fingerprint density at radius 2 is 1.65 bits per heavy atom. The third kappa shape index (κ3) is 5.70. The molecule has 2 atom stereocenters. The number of halogens is 1. The molecule has 2 aromatic carbocycles. The molecule has 0 amide bonds. The minimum atomic E-state index is -0.625. The van der Waals surface area contributed by atoms with Crippen LogP contribution in [0.3, 0.4) is 0 Å². The van der Waals surface area contributed by atoms with E-state index in [1.54, 1.807) is 28.4 Å². The first-order valence-electron chi connectivity index (χ1n) is 13.3. The van der Waals surface area contributed by atoms with Gasteiger partial charge in [0.25, 0.3) is 0 Å². The van der Waals surface area contributed by atoms with Gasteiger partial charge in [-0.2, -0.15) is 0 Å². The Morgan fingerprint density at radius 3 is 2.30 bits per heavy atom. The van der Waals surface area contributed by atoms with Crippen LogP contribution in [0.4, 0.5) is 0 Å². The molecule has 0 saturated carbocycles. The largest absolute Gasteiger partial charge is 0.493 e. The Hall–Kier alpha value is -3.46. The van der Waals surface area contributed by atoms with Gasteiger partial charge in [-0.25, -0.2) is 4.79 Å². The Kier molecular flexibility index (Phi) is 9.45. The van der Waals surface area contributed by atoms with Gasteiger partial charge >= 0.3 is 5.97 Å². The first-order chi connectivity index (χ1) is 19.3. The molecule has 214 valence electrons. The first kappa shape index (κ1) is 29.5. The van der Waals surface area contributed by atoms with Crippen LogP contribution in [-0.4, -0.2) is 46.8 Å². The maximum atomic E-state index is 14.0. The molecule has 0 radical (unpaired) electrons. The summed E-state index contributed by atoms with van der Waals surface area (Å²) in [5.41, 5.74) is 4.18. The smallest absolute Gasteiger partial charge is 0.336 e. The van der Waals surface area contributed by atoms with Crippen LogP contribution in [-0.2, 0) is 14.3 Å². The summed E-state index contributed by atoms with van der Waals surface area (Å²) >= 11 is 3.58. The number of esters is 1. The number of unbranched alkanes of at least 4 members (excludes halogenated alkanes) is 1. The third-order valence-corrected chi connectivity index (χ3v) is 8.04. The summed E-state index contributed by atoms with van der Waals surface area (Å²) in [4.78, 5) is 27.5. The molecular formula is C31H36BrNO7. The van der Waals surface area contributed by atoms with Gasteiger partial charge in [0.15, 0.2) is 28.8 Å². The zero-order valence-electron chi connectivity index (χ0n) is 23.8. The third-order valence-electron chi connectivity index (χ3n) is 7.45. The molecule has 0 aromatic heterocycles. The number of ether oxygens (including phenoxy) is 5. The summed E-state index contributed by atoms with van der Waals surface area (Å²) in [5.74, 6) is 1.12. The zero-order valence-corrected chi connectivity index (χ0v) is 25.4. The second-order valence-corrected chi connectivity index (χ2v) is 10.7. The quantitative estimate of drug-likeness (QED) is 0.250. The maximum absolute atomic E-state index is 14.0. The van der Waals surface area contributed by atoms with E-state index in [4.69, 9.17) is 23.7 Å². The van der Waals surface area contributed by atoms with Crippen LogP contribution in [0.2, 0.25) is 0 Å². The lowest BCUT2D eigenvalue weighted by Crippen LogP contribution is -2.36. The topological polar surface area (TPSA) is 92.3 Å². The number of ketones is 1. The van der Waals surface area contributed by atoms with Crippen molar-refractivity contribution >= 4 is 27.7 Å². The van der Waals surface area contributed by atoms with E-state index in [-0.39, 0.29) is 18.1 Å². The highest BCUT2D eigenvalue weighted by Gasteiger charge is 2.42. The number of hydrogen-bond donors (Lipinski definition) is 1. The van der Waals surface area contributed by atoms with Crippen molar-refractivity contribution in [3.8, 4) is 23.0 Å². The molecule has 2 aromatic rings. The highest BCUT2D eigenvalue weighted by Crippen LogP contribution is 2.49. The molecule has 0 unspecified atom stereocenters. The monoisotopic (exact) mass is 613 g/mol. The van der Waals surface area contributed by atoms with E-state index in [0.717, 1.165) is 29.7 Å². The van der Waals surface area contributed by atoms with Gasteiger partial charge in [0.05, 0.1) is 45.1 Å². The molecular weight excluding hydrogens is 578 g/mol. The van der Waals surface area contributed by atoms with Crippen molar-refractivity contribution in [2.75, 3.05) is 35.0 Å². The lowest BCUT2D eigenvalue weighted by molar-refractivity contribution is -0.139. The van der Waals surface area contributed by atoms with Gasteiger partial charge in [-0.05, 0) is 77.0 Å². The number of carbonyl (C=O) groups excluding carboxylic acids is 2. The zero-order chi connectivity index (χ0) is 29.0. The van der Waals surface area contributed by atoms with Crippen molar-refractivity contribution in [2.24, 2.45) is 0 Å². The molecule has 0 fully saturated rings. The van der Waals surface area contributed by atoms with E-state index in [1.807, 2.05) is 44.2 Å². The molecule has 2 aliphatic rings. The number of hydrogen-bond acceptors (Lipinski definition) is 8. The summed E-state index contributed by atoms with van der Waals surface area (Å²) < 4.78 is 28.3. The van der Waals surface area contributed by atoms with Gasteiger partial charge in [0.2, 0.25) is 0 Å². The summed E-state index contributed by atoms with van der Waals surface area (Å²) in [6.07, 6.45) is 2.55. The van der Waals surface area contributed by atoms with Gasteiger partial charge in [-0.15, -0.1) is 0 Å². The fraction of sp³-hybridized carbons (Fsp3) is 0.419. The van der Waals surface area contributed by atoms with Crippen molar-refractivity contribution in [3.63, 3.8) is 0 Å². The first-order valence-corrected chi connectivity index (χ1v) is 14.1. The van der Waals surface area contributed by atoms with Crippen molar-refractivity contribution in [1.82, 2.24) is 5.32 Å². The van der Waals surface area contributed by atoms with E-state index in [9.17, 15) is 9.59 Å². The highest BCUT2D eigenvalue weighted by atomic mass is 79.9. The van der Waals surface area contributed by atoms with Crippen molar-refractivity contribution in [2.45, 2.75) is 51.4 Å².